The molecule has 2 heterocycles. The van der Waals surface area contributed by atoms with Gasteiger partial charge in [-0.1, -0.05) is 0 Å². The number of amides is 2. The summed E-state index contributed by atoms with van der Waals surface area (Å²) in [6.45, 7) is 1.45. The largest absolute Gasteiger partial charge is 0.481 e. The number of ether oxygens (including phenoxy) is 1. The van der Waals surface area contributed by atoms with Crippen molar-refractivity contribution in [1.29, 1.82) is 0 Å². The number of carbonyl (C=O) groups is 2. The summed E-state index contributed by atoms with van der Waals surface area (Å²) in [5, 5.41) is 0.0755. The number of aryl methyl sites for hydroxylation is 1. The third kappa shape index (κ3) is 4.04. The van der Waals surface area contributed by atoms with Crippen molar-refractivity contribution >= 4 is 22.8 Å². The van der Waals surface area contributed by atoms with Gasteiger partial charge in [0, 0.05) is 20.3 Å². The van der Waals surface area contributed by atoms with E-state index in [1.54, 1.807) is 0 Å². The predicted octanol–water partition coefficient (Wildman–Crippen LogP) is -0.000200. The number of nitrogens with zero attached hydrogens (tertiary/aromatic N) is 3. The van der Waals surface area contributed by atoms with Crippen molar-refractivity contribution in [1.82, 2.24) is 25.0 Å². The molecule has 30 heavy (non-hydrogen) atoms. The lowest BCUT2D eigenvalue weighted by Crippen LogP contribution is -2.47. The molecule has 3 aromatic rings. The third-order valence-electron chi connectivity index (χ3n) is 4.35. The van der Waals surface area contributed by atoms with Crippen molar-refractivity contribution in [3.63, 3.8) is 0 Å². The number of hydrazine groups is 1. The smallest absolute Gasteiger partial charge is 0.332 e. The number of hydrogen-bond donors (Lipinski definition) is 2. The van der Waals surface area contributed by atoms with Gasteiger partial charge in [0.1, 0.15) is 17.2 Å². The molecule has 3 rings (SSSR count). The second-order valence-corrected chi connectivity index (χ2v) is 6.46. The van der Waals surface area contributed by atoms with Crippen LogP contribution in [0.15, 0.2) is 46.1 Å². The van der Waals surface area contributed by atoms with E-state index in [2.05, 4.69) is 15.8 Å². The van der Waals surface area contributed by atoms with Crippen LogP contribution in [-0.4, -0.2) is 32.0 Å². The van der Waals surface area contributed by atoms with E-state index in [0.717, 1.165) is 4.57 Å². The first kappa shape index (κ1) is 20.7. The molecule has 10 nitrogen and oxygen atoms in total. The standard InChI is InChI=1S/C19H18FN5O5/c1-10(30-13-6-4-12(20)5-7-13)16(26)22-23-17(27)11-8-14-15(21-9-11)24(2)19(29)25(3)18(14)28/h4-10H,1-3H3,(H,22,26)(H,23,27)/t10-/m0/s1. The molecule has 2 N–H and O–H groups in total. The van der Waals surface area contributed by atoms with Crippen LogP contribution < -0.4 is 26.8 Å². The van der Waals surface area contributed by atoms with E-state index >= 15 is 0 Å². The van der Waals surface area contributed by atoms with E-state index in [-0.39, 0.29) is 22.3 Å². The van der Waals surface area contributed by atoms with Crippen LogP contribution in [0.1, 0.15) is 17.3 Å². The SMILES string of the molecule is C[C@H](Oc1ccc(F)cc1)C(=O)NNC(=O)c1cnc2c(c1)c(=O)n(C)c(=O)n2C. The van der Waals surface area contributed by atoms with Gasteiger partial charge < -0.3 is 4.74 Å². The van der Waals surface area contributed by atoms with E-state index in [9.17, 15) is 23.6 Å². The Morgan fingerprint density at radius 1 is 1.10 bits per heavy atom. The van der Waals surface area contributed by atoms with E-state index in [4.69, 9.17) is 4.74 Å². The van der Waals surface area contributed by atoms with E-state index in [1.807, 2.05) is 0 Å². The average Bonchev–Trinajstić information content (AvgIpc) is 2.75. The number of nitrogens with one attached hydrogen (secondary N) is 2. The summed E-state index contributed by atoms with van der Waals surface area (Å²) in [7, 11) is 2.78. The first-order chi connectivity index (χ1) is 14.2. The molecule has 0 aliphatic rings. The maximum absolute atomic E-state index is 12.9. The lowest BCUT2D eigenvalue weighted by Gasteiger charge is -2.15. The first-order valence-corrected chi connectivity index (χ1v) is 8.77. The molecule has 1 atom stereocenters. The Balaban J connectivity index is 1.70. The quantitative estimate of drug-likeness (QED) is 0.578. The monoisotopic (exact) mass is 415 g/mol. The fourth-order valence-corrected chi connectivity index (χ4v) is 2.65. The highest BCUT2D eigenvalue weighted by molar-refractivity contribution is 5.97. The normalized spacial score (nSPS) is 11.7. The highest BCUT2D eigenvalue weighted by Gasteiger charge is 2.17. The number of pyridine rings is 1. The molecule has 1 aromatic carbocycles. The van der Waals surface area contributed by atoms with Gasteiger partial charge in [0.15, 0.2) is 6.10 Å². The van der Waals surface area contributed by atoms with Crippen molar-refractivity contribution < 1.29 is 18.7 Å². The Morgan fingerprint density at radius 3 is 2.43 bits per heavy atom. The molecule has 156 valence electrons. The zero-order valence-corrected chi connectivity index (χ0v) is 16.3. The van der Waals surface area contributed by atoms with Crippen LogP contribution in [0.3, 0.4) is 0 Å². The zero-order valence-electron chi connectivity index (χ0n) is 16.3. The molecule has 0 spiro atoms. The number of halogens is 1. The minimum atomic E-state index is -0.979. The van der Waals surface area contributed by atoms with Gasteiger partial charge in [-0.15, -0.1) is 0 Å². The molecule has 0 bridgehead atoms. The molecular weight excluding hydrogens is 397 g/mol. The lowest BCUT2D eigenvalue weighted by molar-refractivity contribution is -0.128. The molecule has 2 aromatic heterocycles. The van der Waals surface area contributed by atoms with Crippen LogP contribution in [0, 0.1) is 5.82 Å². The molecule has 0 fully saturated rings. The number of rotatable bonds is 4. The van der Waals surface area contributed by atoms with Crippen molar-refractivity contribution in [2.24, 2.45) is 14.1 Å². The van der Waals surface area contributed by atoms with Gasteiger partial charge in [0.2, 0.25) is 0 Å². The second-order valence-electron chi connectivity index (χ2n) is 6.46. The summed E-state index contributed by atoms with van der Waals surface area (Å²) >= 11 is 0. The maximum atomic E-state index is 12.9. The Hall–Kier alpha value is -4.02. The van der Waals surface area contributed by atoms with Gasteiger partial charge in [-0.25, -0.2) is 14.2 Å². The molecule has 2 amide bonds. The molecule has 11 heteroatoms. The Kier molecular flexibility index (Phi) is 5.63. The molecule has 0 aliphatic heterocycles. The molecule has 0 saturated heterocycles. The summed E-state index contributed by atoms with van der Waals surface area (Å²) in [5.74, 6) is -1.53. The maximum Gasteiger partial charge on any atom is 0.332 e. The number of benzene rings is 1. The van der Waals surface area contributed by atoms with Crippen LogP contribution in [0.4, 0.5) is 4.39 Å². The molecule has 0 aliphatic carbocycles. The minimum Gasteiger partial charge on any atom is -0.481 e. The fraction of sp³-hybridized carbons (Fsp3) is 0.211. The third-order valence-corrected chi connectivity index (χ3v) is 4.35. The van der Waals surface area contributed by atoms with Crippen LogP contribution >= 0.6 is 0 Å². The molecular formula is C19H18FN5O5. The summed E-state index contributed by atoms with van der Waals surface area (Å²) in [5.41, 5.74) is 3.40. The molecule has 0 unspecified atom stereocenters. The van der Waals surface area contributed by atoms with E-state index < -0.39 is 35.0 Å². The van der Waals surface area contributed by atoms with Crippen LogP contribution in [0.5, 0.6) is 5.75 Å². The lowest BCUT2D eigenvalue weighted by atomic mass is 10.2. The fourth-order valence-electron chi connectivity index (χ4n) is 2.65. The van der Waals surface area contributed by atoms with Crippen molar-refractivity contribution in [3.05, 3.63) is 68.7 Å². The molecule has 0 radical (unpaired) electrons. The topological polar surface area (TPSA) is 124 Å². The van der Waals surface area contributed by atoms with Gasteiger partial charge in [-0.05, 0) is 37.3 Å². The van der Waals surface area contributed by atoms with Crippen LogP contribution in [-0.2, 0) is 18.9 Å². The van der Waals surface area contributed by atoms with E-state index in [0.29, 0.717) is 0 Å². The van der Waals surface area contributed by atoms with Crippen molar-refractivity contribution in [2.45, 2.75) is 13.0 Å². The van der Waals surface area contributed by atoms with Gasteiger partial charge in [-0.2, -0.15) is 0 Å². The number of hydrogen-bond acceptors (Lipinski definition) is 6. The van der Waals surface area contributed by atoms with E-state index in [1.165, 1.54) is 62.1 Å². The predicted molar refractivity (Wildman–Crippen MR) is 104 cm³/mol. The highest BCUT2D eigenvalue weighted by Crippen LogP contribution is 2.13. The average molecular weight is 415 g/mol. The minimum absolute atomic E-state index is 0.00524. The molecule has 0 saturated carbocycles. The Bertz CT molecular complexity index is 1250. The van der Waals surface area contributed by atoms with Gasteiger partial charge >= 0.3 is 5.69 Å². The summed E-state index contributed by atoms with van der Waals surface area (Å²) in [6, 6.07) is 6.39. The van der Waals surface area contributed by atoms with Crippen LogP contribution in [0.2, 0.25) is 0 Å². The number of aromatic nitrogens is 3. The zero-order chi connectivity index (χ0) is 22.0. The summed E-state index contributed by atoms with van der Waals surface area (Å²) < 4.78 is 20.4. The van der Waals surface area contributed by atoms with Crippen LogP contribution in [0.25, 0.3) is 11.0 Å². The summed E-state index contributed by atoms with van der Waals surface area (Å²) in [6.07, 6.45) is 0.202. The number of fused-ring (bicyclic) bond motifs is 1. The van der Waals surface area contributed by atoms with Gasteiger partial charge in [0.05, 0.1) is 10.9 Å². The number of carbonyl (C=O) groups excluding carboxylic acids is 2. The van der Waals surface area contributed by atoms with Gasteiger partial charge in [-0.3, -0.25) is 34.4 Å². The Morgan fingerprint density at radius 2 is 1.77 bits per heavy atom. The first-order valence-electron chi connectivity index (χ1n) is 8.77. The van der Waals surface area contributed by atoms with Gasteiger partial charge in [0.25, 0.3) is 17.4 Å². The van der Waals surface area contributed by atoms with Crippen molar-refractivity contribution in [2.75, 3.05) is 0 Å². The second kappa shape index (κ2) is 8.15. The highest BCUT2D eigenvalue weighted by atomic mass is 19.1. The summed E-state index contributed by atoms with van der Waals surface area (Å²) in [4.78, 5) is 52.7. The Labute approximate surface area is 168 Å². The van der Waals surface area contributed by atoms with Crippen molar-refractivity contribution in [3.8, 4) is 5.75 Å².